The minimum absolute atomic E-state index is 0.129. The second-order valence-electron chi connectivity index (χ2n) is 6.16. The first kappa shape index (κ1) is 19.5. The number of nitrogens with one attached hydrogen (secondary N) is 1. The standard InChI is InChI=1S/C22H19ClN2O3/c23-17-10-11-20(18(13-17)22(24)27)28-14-21(26)25-19-9-5-4-8-16(19)12-15-6-2-1-3-7-15/h1-11,13H,12,14H2,(H2,24,27)(H,25,26). The maximum absolute atomic E-state index is 12.4. The first-order valence-corrected chi connectivity index (χ1v) is 9.04. The van der Waals surface area contributed by atoms with Gasteiger partial charge in [-0.25, -0.2) is 0 Å². The molecule has 0 fully saturated rings. The summed E-state index contributed by atoms with van der Waals surface area (Å²) < 4.78 is 5.47. The average Bonchev–Trinajstić information content (AvgIpc) is 2.69. The summed E-state index contributed by atoms with van der Waals surface area (Å²) in [7, 11) is 0. The summed E-state index contributed by atoms with van der Waals surface area (Å²) in [6, 6.07) is 22.1. The van der Waals surface area contributed by atoms with Crippen molar-refractivity contribution in [1.29, 1.82) is 0 Å². The Balaban J connectivity index is 1.67. The summed E-state index contributed by atoms with van der Waals surface area (Å²) in [6.45, 7) is -0.262. The van der Waals surface area contributed by atoms with Crippen LogP contribution in [0, 0.1) is 0 Å². The van der Waals surface area contributed by atoms with E-state index < -0.39 is 5.91 Å². The lowest BCUT2D eigenvalue weighted by molar-refractivity contribution is -0.118. The van der Waals surface area contributed by atoms with E-state index in [-0.39, 0.29) is 23.8 Å². The van der Waals surface area contributed by atoms with Crippen molar-refractivity contribution in [3.05, 3.63) is 94.5 Å². The molecule has 0 aliphatic heterocycles. The lowest BCUT2D eigenvalue weighted by Crippen LogP contribution is -2.22. The number of amides is 2. The summed E-state index contributed by atoms with van der Waals surface area (Å²) in [5.74, 6) is -0.804. The summed E-state index contributed by atoms with van der Waals surface area (Å²) in [4.78, 5) is 23.9. The first-order valence-electron chi connectivity index (χ1n) is 8.67. The summed E-state index contributed by atoms with van der Waals surface area (Å²) in [6.07, 6.45) is 0.696. The molecule has 3 rings (SSSR count). The number of ether oxygens (including phenoxy) is 1. The number of hydrogen-bond acceptors (Lipinski definition) is 3. The fourth-order valence-electron chi connectivity index (χ4n) is 2.76. The van der Waals surface area contributed by atoms with Crippen molar-refractivity contribution in [1.82, 2.24) is 0 Å². The van der Waals surface area contributed by atoms with Crippen LogP contribution in [-0.2, 0) is 11.2 Å². The van der Waals surface area contributed by atoms with E-state index in [1.54, 1.807) is 6.07 Å². The Morgan fingerprint density at radius 1 is 0.964 bits per heavy atom. The lowest BCUT2D eigenvalue weighted by Gasteiger charge is -2.13. The van der Waals surface area contributed by atoms with Gasteiger partial charge in [0.05, 0.1) is 5.56 Å². The van der Waals surface area contributed by atoms with Gasteiger partial charge in [-0.3, -0.25) is 9.59 Å². The Kier molecular flexibility index (Phi) is 6.29. The van der Waals surface area contributed by atoms with Gasteiger partial charge < -0.3 is 15.8 Å². The van der Waals surface area contributed by atoms with E-state index in [0.29, 0.717) is 17.1 Å². The van der Waals surface area contributed by atoms with Crippen LogP contribution in [0.5, 0.6) is 5.75 Å². The molecule has 3 aromatic carbocycles. The zero-order valence-corrected chi connectivity index (χ0v) is 15.8. The van der Waals surface area contributed by atoms with E-state index in [2.05, 4.69) is 5.32 Å². The molecule has 0 saturated carbocycles. The number of hydrogen-bond donors (Lipinski definition) is 2. The van der Waals surface area contributed by atoms with Gasteiger partial charge in [-0.05, 0) is 41.8 Å². The van der Waals surface area contributed by atoms with E-state index in [9.17, 15) is 9.59 Å². The number of benzene rings is 3. The molecule has 0 saturated heterocycles. The van der Waals surface area contributed by atoms with Gasteiger partial charge in [0.25, 0.3) is 11.8 Å². The molecule has 0 aliphatic carbocycles. The topological polar surface area (TPSA) is 81.4 Å². The zero-order valence-electron chi connectivity index (χ0n) is 15.0. The molecule has 28 heavy (non-hydrogen) atoms. The van der Waals surface area contributed by atoms with Gasteiger partial charge in [0.2, 0.25) is 0 Å². The molecule has 0 aliphatic rings. The maximum atomic E-state index is 12.4. The van der Waals surface area contributed by atoms with E-state index in [1.165, 1.54) is 12.1 Å². The molecule has 0 aromatic heterocycles. The van der Waals surface area contributed by atoms with Gasteiger partial charge in [-0.15, -0.1) is 0 Å². The Labute approximate surface area is 168 Å². The van der Waals surface area contributed by atoms with Crippen molar-refractivity contribution < 1.29 is 14.3 Å². The third-order valence-electron chi connectivity index (χ3n) is 4.09. The van der Waals surface area contributed by atoms with E-state index in [0.717, 1.165) is 11.1 Å². The highest BCUT2D eigenvalue weighted by atomic mass is 35.5. The number of anilines is 1. The van der Waals surface area contributed by atoms with Crippen LogP contribution in [0.25, 0.3) is 0 Å². The molecule has 0 spiro atoms. The molecule has 0 heterocycles. The quantitative estimate of drug-likeness (QED) is 0.634. The van der Waals surface area contributed by atoms with Crippen LogP contribution in [0.3, 0.4) is 0 Å². The van der Waals surface area contributed by atoms with Gasteiger partial charge in [0.15, 0.2) is 6.61 Å². The van der Waals surface area contributed by atoms with Crippen LogP contribution in [0.1, 0.15) is 21.5 Å². The molecular formula is C22H19ClN2O3. The predicted octanol–water partition coefficient (Wildman–Crippen LogP) is 4.05. The minimum atomic E-state index is -0.675. The number of nitrogens with two attached hydrogens (primary N) is 1. The van der Waals surface area contributed by atoms with Gasteiger partial charge in [-0.1, -0.05) is 60.1 Å². The molecular weight excluding hydrogens is 376 g/mol. The highest BCUT2D eigenvalue weighted by Gasteiger charge is 2.13. The highest BCUT2D eigenvalue weighted by molar-refractivity contribution is 6.31. The van der Waals surface area contributed by atoms with Crippen LogP contribution in [-0.4, -0.2) is 18.4 Å². The van der Waals surface area contributed by atoms with Crippen molar-refractivity contribution in [2.75, 3.05) is 11.9 Å². The van der Waals surface area contributed by atoms with Crippen LogP contribution in [0.15, 0.2) is 72.8 Å². The largest absolute Gasteiger partial charge is 0.483 e. The highest BCUT2D eigenvalue weighted by Crippen LogP contribution is 2.23. The zero-order chi connectivity index (χ0) is 19.9. The molecule has 0 radical (unpaired) electrons. The molecule has 3 aromatic rings. The van der Waals surface area contributed by atoms with Crippen LogP contribution < -0.4 is 15.8 Å². The number of rotatable bonds is 7. The van der Waals surface area contributed by atoms with Crippen LogP contribution >= 0.6 is 11.6 Å². The smallest absolute Gasteiger partial charge is 0.262 e. The fraction of sp³-hybridized carbons (Fsp3) is 0.0909. The maximum Gasteiger partial charge on any atom is 0.262 e. The van der Waals surface area contributed by atoms with Gasteiger partial charge in [-0.2, -0.15) is 0 Å². The lowest BCUT2D eigenvalue weighted by atomic mass is 10.0. The predicted molar refractivity (Wildman–Crippen MR) is 110 cm³/mol. The van der Waals surface area contributed by atoms with E-state index in [4.69, 9.17) is 22.1 Å². The molecule has 2 amide bonds. The molecule has 3 N–H and O–H groups in total. The number of halogens is 1. The van der Waals surface area contributed by atoms with Gasteiger partial charge in [0, 0.05) is 10.7 Å². The van der Waals surface area contributed by atoms with Crippen molar-refractivity contribution in [3.8, 4) is 5.75 Å². The SMILES string of the molecule is NC(=O)c1cc(Cl)ccc1OCC(=O)Nc1ccccc1Cc1ccccc1. The number of primary amides is 1. The summed E-state index contributed by atoms with van der Waals surface area (Å²) in [5.41, 5.74) is 8.31. The summed E-state index contributed by atoms with van der Waals surface area (Å²) >= 11 is 5.87. The minimum Gasteiger partial charge on any atom is -0.483 e. The van der Waals surface area contributed by atoms with Crippen molar-refractivity contribution in [3.63, 3.8) is 0 Å². The third kappa shape index (κ3) is 5.11. The van der Waals surface area contributed by atoms with Crippen molar-refractivity contribution >= 4 is 29.1 Å². The molecule has 6 heteroatoms. The number of carbonyl (C=O) groups excluding carboxylic acids is 2. The Morgan fingerprint density at radius 3 is 2.43 bits per heavy atom. The normalized spacial score (nSPS) is 10.3. The Morgan fingerprint density at radius 2 is 1.68 bits per heavy atom. The molecule has 5 nitrogen and oxygen atoms in total. The molecule has 0 bridgehead atoms. The van der Waals surface area contributed by atoms with Crippen LogP contribution in [0.4, 0.5) is 5.69 Å². The monoisotopic (exact) mass is 394 g/mol. The molecule has 142 valence electrons. The van der Waals surface area contributed by atoms with Gasteiger partial charge in [0.1, 0.15) is 5.75 Å². The van der Waals surface area contributed by atoms with E-state index >= 15 is 0 Å². The third-order valence-corrected chi connectivity index (χ3v) is 4.33. The number of para-hydroxylation sites is 1. The molecule has 0 atom stereocenters. The number of carbonyl (C=O) groups is 2. The van der Waals surface area contributed by atoms with E-state index in [1.807, 2.05) is 54.6 Å². The Hall–Kier alpha value is -3.31. The second kappa shape index (κ2) is 9.06. The van der Waals surface area contributed by atoms with Crippen molar-refractivity contribution in [2.45, 2.75) is 6.42 Å². The second-order valence-corrected chi connectivity index (χ2v) is 6.60. The molecule has 0 unspecified atom stereocenters. The fourth-order valence-corrected chi connectivity index (χ4v) is 2.93. The van der Waals surface area contributed by atoms with Crippen LogP contribution in [0.2, 0.25) is 5.02 Å². The summed E-state index contributed by atoms with van der Waals surface area (Å²) in [5, 5.41) is 3.22. The first-order chi connectivity index (χ1) is 13.5. The Bertz CT molecular complexity index is 990. The average molecular weight is 395 g/mol. The van der Waals surface area contributed by atoms with Crippen molar-refractivity contribution in [2.24, 2.45) is 5.73 Å². The van der Waals surface area contributed by atoms with Gasteiger partial charge >= 0.3 is 0 Å².